The van der Waals surface area contributed by atoms with E-state index in [2.05, 4.69) is 30.5 Å². The number of hydrogen-bond acceptors (Lipinski definition) is 9. The normalized spacial score (nSPS) is 13.6. The van der Waals surface area contributed by atoms with Gasteiger partial charge in [-0.15, -0.1) is 0 Å². The summed E-state index contributed by atoms with van der Waals surface area (Å²) in [6.45, 7) is 6.79. The molecule has 11 heteroatoms. The largest absolute Gasteiger partial charge is 0.450 e. The standard InChI is InChI=1S/C25H27N7O4/c1-3-35-25(34)32-11-9-31(10-12-32)19-6-4-5-17(13-19)28-23-26-15-16(2)22(30-23)27-18-7-8-21-20(14-18)29-24(33)36-21/h4-8,13-15H,3,9-12H2,1-2H3,(H,29,33)(H2,26,27,28,30). The van der Waals surface area contributed by atoms with Crippen LogP contribution >= 0.6 is 0 Å². The summed E-state index contributed by atoms with van der Waals surface area (Å²) in [5, 5.41) is 6.56. The number of hydrogen-bond donors (Lipinski definition) is 3. The van der Waals surface area contributed by atoms with Crippen LogP contribution in [0.15, 0.2) is 57.9 Å². The van der Waals surface area contributed by atoms with Gasteiger partial charge in [0.2, 0.25) is 5.95 Å². The fourth-order valence-electron chi connectivity index (χ4n) is 4.07. The third-order valence-electron chi connectivity index (χ3n) is 5.93. The lowest BCUT2D eigenvalue weighted by atomic mass is 10.2. The molecule has 5 rings (SSSR count). The summed E-state index contributed by atoms with van der Waals surface area (Å²) in [6.07, 6.45) is 1.49. The number of ether oxygens (including phenoxy) is 1. The molecule has 1 saturated heterocycles. The molecule has 1 aliphatic heterocycles. The van der Waals surface area contributed by atoms with Crippen LogP contribution in [0.5, 0.6) is 0 Å². The molecule has 2 aromatic carbocycles. The van der Waals surface area contributed by atoms with Gasteiger partial charge in [0.1, 0.15) is 5.82 Å². The van der Waals surface area contributed by atoms with Crippen LogP contribution in [0, 0.1) is 6.92 Å². The van der Waals surface area contributed by atoms with Gasteiger partial charge in [-0.05, 0) is 50.2 Å². The van der Waals surface area contributed by atoms with Crippen molar-refractivity contribution in [3.63, 3.8) is 0 Å². The van der Waals surface area contributed by atoms with Crippen molar-refractivity contribution in [2.45, 2.75) is 13.8 Å². The van der Waals surface area contributed by atoms with Crippen molar-refractivity contribution in [2.24, 2.45) is 0 Å². The molecule has 2 aromatic heterocycles. The van der Waals surface area contributed by atoms with Crippen molar-refractivity contribution in [1.29, 1.82) is 0 Å². The van der Waals surface area contributed by atoms with Crippen molar-refractivity contribution in [1.82, 2.24) is 19.9 Å². The molecule has 1 aliphatic rings. The van der Waals surface area contributed by atoms with Crippen molar-refractivity contribution in [3.05, 3.63) is 64.8 Å². The van der Waals surface area contributed by atoms with Crippen LogP contribution in [0.25, 0.3) is 11.1 Å². The SMILES string of the molecule is CCOC(=O)N1CCN(c2cccc(Nc3ncc(C)c(Nc4ccc5oc(=O)[nH]c5c4)n3)c2)CC1. The zero-order chi connectivity index (χ0) is 25.1. The number of aromatic nitrogens is 3. The van der Waals surface area contributed by atoms with Crippen molar-refractivity contribution in [3.8, 4) is 0 Å². The molecule has 0 spiro atoms. The van der Waals surface area contributed by atoms with E-state index in [9.17, 15) is 9.59 Å². The first kappa shape index (κ1) is 23.2. The van der Waals surface area contributed by atoms with Crippen LogP contribution in [0.2, 0.25) is 0 Å². The number of amides is 1. The van der Waals surface area contributed by atoms with Gasteiger partial charge in [-0.2, -0.15) is 4.98 Å². The van der Waals surface area contributed by atoms with Gasteiger partial charge in [-0.3, -0.25) is 4.98 Å². The van der Waals surface area contributed by atoms with Crippen LogP contribution in [0.4, 0.5) is 33.6 Å². The number of benzene rings is 2. The lowest BCUT2D eigenvalue weighted by Crippen LogP contribution is -2.49. The number of piperazine rings is 1. The summed E-state index contributed by atoms with van der Waals surface area (Å²) in [7, 11) is 0. The van der Waals surface area contributed by atoms with Crippen LogP contribution in [0.1, 0.15) is 12.5 Å². The zero-order valence-corrected chi connectivity index (χ0v) is 20.1. The number of rotatable bonds is 6. The second-order valence-corrected chi connectivity index (χ2v) is 8.42. The molecule has 0 unspecified atom stereocenters. The summed E-state index contributed by atoms with van der Waals surface area (Å²) in [6, 6.07) is 13.4. The molecule has 1 amide bonds. The Hall–Kier alpha value is -4.54. The van der Waals surface area contributed by atoms with E-state index in [0.29, 0.717) is 42.6 Å². The highest BCUT2D eigenvalue weighted by Gasteiger charge is 2.22. The molecule has 4 aromatic rings. The fraction of sp³-hybridized carbons (Fsp3) is 0.280. The number of anilines is 5. The second kappa shape index (κ2) is 9.98. The molecule has 186 valence electrons. The Balaban J connectivity index is 1.27. The number of H-pyrrole nitrogens is 1. The lowest BCUT2D eigenvalue weighted by molar-refractivity contribution is 0.105. The Morgan fingerprint density at radius 2 is 1.92 bits per heavy atom. The Bertz CT molecular complexity index is 1440. The quantitative estimate of drug-likeness (QED) is 0.368. The van der Waals surface area contributed by atoms with Crippen LogP contribution < -0.4 is 21.3 Å². The Kier molecular flexibility index (Phi) is 6.44. The Labute approximate surface area is 207 Å². The minimum Gasteiger partial charge on any atom is -0.450 e. The maximum atomic E-state index is 12.0. The zero-order valence-electron chi connectivity index (χ0n) is 20.1. The van der Waals surface area contributed by atoms with E-state index in [0.717, 1.165) is 35.7 Å². The Morgan fingerprint density at radius 1 is 1.11 bits per heavy atom. The van der Waals surface area contributed by atoms with E-state index in [1.54, 1.807) is 23.2 Å². The maximum absolute atomic E-state index is 12.0. The van der Waals surface area contributed by atoms with Crippen molar-refractivity contribution >= 4 is 46.0 Å². The summed E-state index contributed by atoms with van der Waals surface area (Å²) in [5.74, 6) is 0.601. The van der Waals surface area contributed by atoms with Crippen molar-refractivity contribution < 1.29 is 13.9 Å². The molecule has 0 saturated carbocycles. The number of oxazole rings is 1. The average molecular weight is 490 g/mol. The molecule has 0 bridgehead atoms. The highest BCUT2D eigenvalue weighted by Crippen LogP contribution is 2.25. The number of nitrogens with one attached hydrogen (secondary N) is 3. The molecule has 0 radical (unpaired) electrons. The van der Waals surface area contributed by atoms with E-state index >= 15 is 0 Å². The Morgan fingerprint density at radius 3 is 2.72 bits per heavy atom. The molecular weight excluding hydrogens is 462 g/mol. The predicted octanol–water partition coefficient (Wildman–Crippen LogP) is 3.99. The summed E-state index contributed by atoms with van der Waals surface area (Å²) < 4.78 is 10.2. The molecule has 3 heterocycles. The van der Waals surface area contributed by atoms with Crippen LogP contribution in [0.3, 0.4) is 0 Å². The fourth-order valence-corrected chi connectivity index (χ4v) is 4.07. The monoisotopic (exact) mass is 489 g/mol. The summed E-state index contributed by atoms with van der Waals surface area (Å²) >= 11 is 0. The third kappa shape index (κ3) is 5.09. The highest BCUT2D eigenvalue weighted by molar-refractivity contribution is 5.78. The number of fused-ring (bicyclic) bond motifs is 1. The van der Waals surface area contributed by atoms with Gasteiger partial charge in [0.15, 0.2) is 5.58 Å². The van der Waals surface area contributed by atoms with Crippen LogP contribution in [-0.4, -0.2) is 58.7 Å². The number of aryl methyl sites for hydroxylation is 1. The van der Waals surface area contributed by atoms with Gasteiger partial charge >= 0.3 is 11.8 Å². The molecule has 3 N–H and O–H groups in total. The first-order valence-corrected chi connectivity index (χ1v) is 11.8. The van der Waals surface area contributed by atoms with Gasteiger partial charge < -0.3 is 29.6 Å². The van der Waals surface area contributed by atoms with Gasteiger partial charge in [0, 0.05) is 55.0 Å². The molecule has 11 nitrogen and oxygen atoms in total. The molecular formula is C25H27N7O4. The van der Waals surface area contributed by atoms with E-state index in [1.807, 2.05) is 44.2 Å². The topological polar surface area (TPSA) is 129 Å². The highest BCUT2D eigenvalue weighted by atomic mass is 16.6. The average Bonchev–Trinajstić information content (AvgIpc) is 3.26. The number of carbonyl (C=O) groups excluding carboxylic acids is 1. The van der Waals surface area contributed by atoms with E-state index in [-0.39, 0.29) is 6.09 Å². The minimum atomic E-state index is -0.491. The first-order valence-electron chi connectivity index (χ1n) is 11.8. The lowest BCUT2D eigenvalue weighted by Gasteiger charge is -2.35. The summed E-state index contributed by atoms with van der Waals surface area (Å²) in [5.41, 5.74) is 4.64. The van der Waals surface area contributed by atoms with E-state index in [1.165, 1.54) is 0 Å². The van der Waals surface area contributed by atoms with Gasteiger partial charge in [0.05, 0.1) is 12.1 Å². The number of carbonyl (C=O) groups is 1. The maximum Gasteiger partial charge on any atom is 0.417 e. The van der Waals surface area contributed by atoms with Crippen molar-refractivity contribution in [2.75, 3.05) is 48.3 Å². The minimum absolute atomic E-state index is 0.258. The van der Waals surface area contributed by atoms with Gasteiger partial charge in [0.25, 0.3) is 0 Å². The third-order valence-corrected chi connectivity index (χ3v) is 5.93. The second-order valence-electron chi connectivity index (χ2n) is 8.42. The first-order chi connectivity index (χ1) is 17.5. The molecule has 0 aliphatic carbocycles. The van der Waals surface area contributed by atoms with E-state index < -0.39 is 5.76 Å². The van der Waals surface area contributed by atoms with E-state index in [4.69, 9.17) is 9.15 Å². The van der Waals surface area contributed by atoms with Gasteiger partial charge in [-0.25, -0.2) is 14.6 Å². The molecule has 0 atom stereocenters. The molecule has 1 fully saturated rings. The smallest absolute Gasteiger partial charge is 0.417 e. The number of nitrogens with zero attached hydrogens (tertiary/aromatic N) is 4. The van der Waals surface area contributed by atoms with Gasteiger partial charge in [-0.1, -0.05) is 6.07 Å². The predicted molar refractivity (Wildman–Crippen MR) is 137 cm³/mol. The molecule has 36 heavy (non-hydrogen) atoms. The summed E-state index contributed by atoms with van der Waals surface area (Å²) in [4.78, 5) is 39.1. The van der Waals surface area contributed by atoms with Crippen LogP contribution in [-0.2, 0) is 4.74 Å². The number of aromatic amines is 1.